The van der Waals surface area contributed by atoms with Crippen LogP contribution in [0.25, 0.3) is 6.08 Å². The molecule has 0 bridgehead atoms. The van der Waals surface area contributed by atoms with Gasteiger partial charge in [0.05, 0.1) is 34.0 Å². The van der Waals surface area contributed by atoms with Crippen molar-refractivity contribution in [3.63, 3.8) is 0 Å². The maximum absolute atomic E-state index is 12.5. The highest BCUT2D eigenvalue weighted by Gasteiger charge is 2.13. The number of ether oxygens (including phenoxy) is 4. The number of hydrogen-bond acceptors (Lipinski definition) is 5. The number of benzene rings is 2. The van der Waals surface area contributed by atoms with Gasteiger partial charge < -0.3 is 18.9 Å². The summed E-state index contributed by atoms with van der Waals surface area (Å²) in [5.74, 6) is 1.97. The molecule has 0 unspecified atom stereocenters. The van der Waals surface area contributed by atoms with Gasteiger partial charge in [0, 0.05) is 0 Å². The van der Waals surface area contributed by atoms with Gasteiger partial charge in [-0.3, -0.25) is 4.79 Å². The summed E-state index contributed by atoms with van der Waals surface area (Å²) in [7, 11) is 6.19. The number of methoxy groups -OCH3 is 4. The maximum Gasteiger partial charge on any atom is 0.203 e. The molecule has 2 aromatic rings. The van der Waals surface area contributed by atoms with Crippen molar-refractivity contribution in [1.82, 2.24) is 0 Å². The Kier molecular flexibility index (Phi) is 6.06. The van der Waals surface area contributed by atoms with Gasteiger partial charge in [0.25, 0.3) is 0 Å². The zero-order chi connectivity index (χ0) is 18.4. The van der Waals surface area contributed by atoms with Crippen molar-refractivity contribution in [2.75, 3.05) is 28.4 Å². The molecule has 0 aliphatic heterocycles. The predicted octanol–water partition coefficient (Wildman–Crippen LogP) is 3.93. The van der Waals surface area contributed by atoms with Crippen LogP contribution in [-0.4, -0.2) is 34.2 Å². The van der Waals surface area contributed by atoms with Gasteiger partial charge in [-0.25, -0.2) is 0 Å². The van der Waals surface area contributed by atoms with E-state index in [1.165, 1.54) is 6.08 Å². The van der Waals surface area contributed by atoms with Gasteiger partial charge in [0.15, 0.2) is 17.3 Å². The minimum absolute atomic E-state index is 0.148. The summed E-state index contributed by atoms with van der Waals surface area (Å²) < 4.78 is 21.2. The van der Waals surface area contributed by atoms with Crippen molar-refractivity contribution < 1.29 is 23.7 Å². The molecular weight excluding hydrogens is 320 g/mol. The molecule has 0 saturated heterocycles. The van der Waals surface area contributed by atoms with E-state index in [0.29, 0.717) is 28.6 Å². The number of aryl methyl sites for hydroxylation is 1. The van der Waals surface area contributed by atoms with Crippen LogP contribution in [0, 0.1) is 6.92 Å². The molecule has 0 amide bonds. The van der Waals surface area contributed by atoms with E-state index < -0.39 is 0 Å². The van der Waals surface area contributed by atoms with Gasteiger partial charge in [-0.15, -0.1) is 0 Å². The standard InChI is InChI=1S/C20H22O5/c1-13-6-8-15(17(10-13)22-2)16(21)9-7-14-11-18(23-3)20(25-5)19(12-14)24-4/h6-12H,1-5H3/b9-7+. The molecule has 0 spiro atoms. The molecule has 0 radical (unpaired) electrons. The van der Waals surface area contributed by atoms with Gasteiger partial charge in [0.2, 0.25) is 5.75 Å². The van der Waals surface area contributed by atoms with Crippen LogP contribution in [0.4, 0.5) is 0 Å². The molecule has 2 rings (SSSR count). The lowest BCUT2D eigenvalue weighted by atomic mass is 10.1. The molecule has 0 aromatic heterocycles. The third-order valence-corrected chi connectivity index (χ3v) is 3.74. The van der Waals surface area contributed by atoms with Gasteiger partial charge >= 0.3 is 0 Å². The second kappa shape index (κ2) is 8.24. The minimum atomic E-state index is -0.148. The van der Waals surface area contributed by atoms with E-state index in [0.717, 1.165) is 11.1 Å². The number of hydrogen-bond donors (Lipinski definition) is 0. The smallest absolute Gasteiger partial charge is 0.203 e. The number of carbonyl (C=O) groups excluding carboxylic acids is 1. The van der Waals surface area contributed by atoms with Crippen LogP contribution in [0.1, 0.15) is 21.5 Å². The molecular formula is C20H22O5. The number of carbonyl (C=O) groups is 1. The van der Waals surface area contributed by atoms with Crippen molar-refractivity contribution in [2.24, 2.45) is 0 Å². The van der Waals surface area contributed by atoms with Crippen LogP contribution in [0.5, 0.6) is 23.0 Å². The van der Waals surface area contributed by atoms with E-state index in [1.54, 1.807) is 52.7 Å². The molecule has 25 heavy (non-hydrogen) atoms. The van der Waals surface area contributed by atoms with Crippen LogP contribution in [0.2, 0.25) is 0 Å². The second-order valence-electron chi connectivity index (χ2n) is 5.36. The summed E-state index contributed by atoms with van der Waals surface area (Å²) in [5, 5.41) is 0. The summed E-state index contributed by atoms with van der Waals surface area (Å²) in [4.78, 5) is 12.5. The van der Waals surface area contributed by atoms with Crippen molar-refractivity contribution >= 4 is 11.9 Å². The molecule has 0 atom stereocenters. The number of ketones is 1. The Hall–Kier alpha value is -2.95. The fourth-order valence-corrected chi connectivity index (χ4v) is 2.46. The summed E-state index contributed by atoms with van der Waals surface area (Å²) >= 11 is 0. The van der Waals surface area contributed by atoms with Crippen LogP contribution < -0.4 is 18.9 Å². The summed E-state index contributed by atoms with van der Waals surface area (Å²) in [5.41, 5.74) is 2.30. The molecule has 0 heterocycles. The second-order valence-corrected chi connectivity index (χ2v) is 5.36. The molecule has 132 valence electrons. The number of rotatable bonds is 7. The van der Waals surface area contributed by atoms with E-state index in [9.17, 15) is 4.79 Å². The Bertz CT molecular complexity index is 768. The van der Waals surface area contributed by atoms with Crippen LogP contribution in [-0.2, 0) is 0 Å². The Balaban J connectivity index is 2.34. The fourth-order valence-electron chi connectivity index (χ4n) is 2.46. The van der Waals surface area contributed by atoms with Crippen molar-refractivity contribution in [1.29, 1.82) is 0 Å². The Morgan fingerprint density at radius 1 is 0.840 bits per heavy atom. The Labute approximate surface area is 147 Å². The highest BCUT2D eigenvalue weighted by molar-refractivity contribution is 6.08. The van der Waals surface area contributed by atoms with Crippen molar-refractivity contribution in [3.05, 3.63) is 53.1 Å². The average molecular weight is 342 g/mol. The monoisotopic (exact) mass is 342 g/mol. The molecule has 0 aliphatic rings. The zero-order valence-corrected chi connectivity index (χ0v) is 15.1. The first-order valence-corrected chi connectivity index (χ1v) is 7.71. The molecule has 5 nitrogen and oxygen atoms in total. The van der Waals surface area contributed by atoms with Gasteiger partial charge in [-0.05, 0) is 48.4 Å². The predicted molar refractivity (Wildman–Crippen MR) is 97.2 cm³/mol. The molecule has 0 aliphatic carbocycles. The normalized spacial score (nSPS) is 10.6. The summed E-state index contributed by atoms with van der Waals surface area (Å²) in [6.07, 6.45) is 3.19. The lowest BCUT2D eigenvalue weighted by Crippen LogP contribution is -1.99. The maximum atomic E-state index is 12.5. The average Bonchev–Trinajstić information content (AvgIpc) is 2.64. The van der Waals surface area contributed by atoms with Crippen LogP contribution in [0.3, 0.4) is 0 Å². The highest BCUT2D eigenvalue weighted by atomic mass is 16.5. The lowest BCUT2D eigenvalue weighted by molar-refractivity contribution is 0.104. The molecule has 0 N–H and O–H groups in total. The summed E-state index contributed by atoms with van der Waals surface area (Å²) in [6.45, 7) is 1.95. The molecule has 5 heteroatoms. The SMILES string of the molecule is COc1cc(C)ccc1C(=O)/C=C/c1cc(OC)c(OC)c(OC)c1. The molecule has 2 aromatic carbocycles. The fraction of sp³-hybridized carbons (Fsp3) is 0.250. The van der Waals surface area contributed by atoms with E-state index >= 15 is 0 Å². The van der Waals surface area contributed by atoms with E-state index in [2.05, 4.69) is 0 Å². The van der Waals surface area contributed by atoms with E-state index in [1.807, 2.05) is 19.1 Å². The van der Waals surface area contributed by atoms with Gasteiger partial charge in [-0.1, -0.05) is 12.1 Å². The first kappa shape index (κ1) is 18.4. The third-order valence-electron chi connectivity index (χ3n) is 3.74. The molecule has 0 saturated carbocycles. The van der Waals surface area contributed by atoms with Crippen molar-refractivity contribution in [2.45, 2.75) is 6.92 Å². The first-order chi connectivity index (χ1) is 12.0. The zero-order valence-electron chi connectivity index (χ0n) is 15.1. The highest BCUT2D eigenvalue weighted by Crippen LogP contribution is 2.38. The van der Waals surface area contributed by atoms with Gasteiger partial charge in [-0.2, -0.15) is 0 Å². The van der Waals surface area contributed by atoms with Gasteiger partial charge in [0.1, 0.15) is 5.75 Å². The van der Waals surface area contributed by atoms with E-state index in [4.69, 9.17) is 18.9 Å². The number of allylic oxidation sites excluding steroid dienone is 1. The summed E-state index contributed by atoms with van der Waals surface area (Å²) in [6, 6.07) is 9.02. The topological polar surface area (TPSA) is 54.0 Å². The van der Waals surface area contributed by atoms with Crippen LogP contribution >= 0.6 is 0 Å². The Morgan fingerprint density at radius 3 is 1.96 bits per heavy atom. The third kappa shape index (κ3) is 4.12. The lowest BCUT2D eigenvalue weighted by Gasteiger charge is -2.12. The van der Waals surface area contributed by atoms with Crippen molar-refractivity contribution in [3.8, 4) is 23.0 Å². The van der Waals surface area contributed by atoms with E-state index in [-0.39, 0.29) is 5.78 Å². The quantitative estimate of drug-likeness (QED) is 0.564. The molecule has 0 fully saturated rings. The minimum Gasteiger partial charge on any atom is -0.496 e. The largest absolute Gasteiger partial charge is 0.496 e. The first-order valence-electron chi connectivity index (χ1n) is 7.71. The Morgan fingerprint density at radius 2 is 1.44 bits per heavy atom. The van der Waals surface area contributed by atoms with Crippen LogP contribution in [0.15, 0.2) is 36.4 Å².